The van der Waals surface area contributed by atoms with E-state index >= 15 is 0 Å². The molecule has 198 valence electrons. The van der Waals surface area contributed by atoms with Crippen LogP contribution in [0.5, 0.6) is 11.5 Å². The van der Waals surface area contributed by atoms with Gasteiger partial charge in [0.15, 0.2) is 11.5 Å². The Hall–Kier alpha value is -4.32. The highest BCUT2D eigenvalue weighted by Crippen LogP contribution is 2.43. The minimum atomic E-state index is -1.72. The smallest absolute Gasteiger partial charge is 0.343 e. The molecule has 0 saturated carbocycles. The number of primary amides is 1. The number of hydrogen-bond acceptors (Lipinski definition) is 8. The van der Waals surface area contributed by atoms with Crippen LogP contribution in [0.4, 0.5) is 5.69 Å². The molecule has 0 unspecified atom stereocenters. The standard InChI is InChI=1S/C24H24N2O10.ClH/c25-13-4-5-14-11(8-13)2-1-7-35-21-19(22(26)31)12(3-6-17(27)28)9-15(20(21)36-24(14)34)16(23(32)33)10-18(29)30;/h4-5,8-9,16H,1-3,6-7,10,25H2,(H2,26,31)(H,27,28)(H,29,30)(H,32,33);1H/t16-;/m0./s1. The summed E-state index contributed by atoms with van der Waals surface area (Å²) in [5, 5.41) is 28.2. The number of halogens is 1. The van der Waals surface area contributed by atoms with Crippen molar-refractivity contribution in [3.63, 3.8) is 0 Å². The lowest BCUT2D eigenvalue weighted by atomic mass is 9.88. The third-order valence-electron chi connectivity index (χ3n) is 5.63. The summed E-state index contributed by atoms with van der Waals surface area (Å²) < 4.78 is 11.3. The number of carboxylic acid groups (broad SMARTS) is 3. The normalized spacial score (nSPS) is 13.5. The van der Waals surface area contributed by atoms with Crippen molar-refractivity contribution in [2.45, 2.75) is 38.0 Å². The quantitative estimate of drug-likeness (QED) is 0.186. The number of carbonyl (C=O) groups excluding carboxylic acids is 2. The van der Waals surface area contributed by atoms with Gasteiger partial charge in [0.25, 0.3) is 5.91 Å². The summed E-state index contributed by atoms with van der Waals surface area (Å²) in [7, 11) is 0. The topological polar surface area (TPSA) is 217 Å². The summed E-state index contributed by atoms with van der Waals surface area (Å²) in [5.41, 5.74) is 12.0. The lowest BCUT2D eigenvalue weighted by Gasteiger charge is -2.24. The lowest BCUT2D eigenvalue weighted by molar-refractivity contribution is -0.145. The zero-order chi connectivity index (χ0) is 26.6. The number of ether oxygens (including phenoxy) is 2. The highest BCUT2D eigenvalue weighted by atomic mass is 35.5. The molecule has 1 amide bonds. The van der Waals surface area contributed by atoms with Crippen LogP contribution in [0.3, 0.4) is 0 Å². The molecule has 13 heteroatoms. The second kappa shape index (κ2) is 12.1. The van der Waals surface area contributed by atoms with E-state index in [0.29, 0.717) is 24.1 Å². The van der Waals surface area contributed by atoms with Crippen LogP contribution in [0.15, 0.2) is 24.3 Å². The minimum Gasteiger partial charge on any atom is -0.489 e. The molecule has 1 aliphatic rings. The molecule has 0 aromatic heterocycles. The molecule has 2 aromatic rings. The molecule has 1 atom stereocenters. The van der Waals surface area contributed by atoms with Crippen LogP contribution >= 0.6 is 12.4 Å². The van der Waals surface area contributed by atoms with E-state index in [1.165, 1.54) is 12.1 Å². The van der Waals surface area contributed by atoms with Crippen LogP contribution in [0.2, 0.25) is 0 Å². The SMILES string of the molecule is Cl.NC(=O)c1c(CCC(=O)O)cc([C@H](CC(=O)O)C(=O)O)c2c1OCCCc1cc(N)ccc1C(=O)O2. The maximum absolute atomic E-state index is 13.2. The van der Waals surface area contributed by atoms with Gasteiger partial charge in [0.1, 0.15) is 0 Å². The van der Waals surface area contributed by atoms with E-state index in [2.05, 4.69) is 0 Å². The van der Waals surface area contributed by atoms with Crippen molar-refractivity contribution < 1.29 is 48.8 Å². The summed E-state index contributed by atoms with van der Waals surface area (Å²) in [6.07, 6.45) is -0.857. The van der Waals surface area contributed by atoms with E-state index in [1.807, 2.05) is 0 Å². The monoisotopic (exact) mass is 536 g/mol. The molecule has 7 N–H and O–H groups in total. The molecule has 0 bridgehead atoms. The Kier molecular flexibility index (Phi) is 9.44. The fourth-order valence-corrected chi connectivity index (χ4v) is 4.04. The molecule has 0 fully saturated rings. The van der Waals surface area contributed by atoms with Gasteiger partial charge in [-0.2, -0.15) is 0 Å². The molecule has 12 nitrogen and oxygen atoms in total. The van der Waals surface area contributed by atoms with Gasteiger partial charge in [-0.05, 0) is 48.6 Å². The number of carboxylic acids is 3. The first kappa shape index (κ1) is 28.9. The molecule has 37 heavy (non-hydrogen) atoms. The largest absolute Gasteiger partial charge is 0.489 e. The van der Waals surface area contributed by atoms with Gasteiger partial charge in [0.2, 0.25) is 0 Å². The zero-order valence-corrected chi connectivity index (χ0v) is 20.2. The van der Waals surface area contributed by atoms with Crippen LogP contribution in [-0.4, -0.2) is 51.7 Å². The molecule has 1 aliphatic heterocycles. The first-order valence-electron chi connectivity index (χ1n) is 10.9. The average molecular weight is 537 g/mol. The fourth-order valence-electron chi connectivity index (χ4n) is 4.04. The number of hydrogen-bond donors (Lipinski definition) is 5. The van der Waals surface area contributed by atoms with Crippen LogP contribution < -0.4 is 20.9 Å². The minimum absolute atomic E-state index is 0. The van der Waals surface area contributed by atoms with E-state index in [-0.39, 0.29) is 53.4 Å². The van der Waals surface area contributed by atoms with Gasteiger partial charge in [-0.1, -0.05) is 6.07 Å². The summed E-state index contributed by atoms with van der Waals surface area (Å²) in [4.78, 5) is 60.3. The van der Waals surface area contributed by atoms with Crippen molar-refractivity contribution in [2.24, 2.45) is 5.73 Å². The van der Waals surface area contributed by atoms with Crippen molar-refractivity contribution in [1.29, 1.82) is 0 Å². The van der Waals surface area contributed by atoms with E-state index in [1.54, 1.807) is 6.07 Å². The van der Waals surface area contributed by atoms with E-state index < -0.39 is 54.3 Å². The first-order chi connectivity index (χ1) is 17.0. The number of anilines is 1. The third kappa shape index (κ3) is 6.67. The number of fused-ring (bicyclic) bond motifs is 2. The number of esters is 1. The van der Waals surface area contributed by atoms with Gasteiger partial charge in [0, 0.05) is 17.7 Å². The predicted octanol–water partition coefficient (Wildman–Crippen LogP) is 1.99. The Labute approximate surface area is 216 Å². The summed E-state index contributed by atoms with van der Waals surface area (Å²) in [6.45, 7) is -0.0163. The Morgan fingerprint density at radius 2 is 1.73 bits per heavy atom. The van der Waals surface area contributed by atoms with Crippen LogP contribution in [0.25, 0.3) is 0 Å². The number of nitrogens with two attached hydrogens (primary N) is 2. The molecule has 0 saturated heterocycles. The number of amides is 1. The Balaban J connectivity index is 0.00000481. The molecular weight excluding hydrogens is 512 g/mol. The zero-order valence-electron chi connectivity index (χ0n) is 19.4. The number of carbonyl (C=O) groups is 5. The van der Waals surface area contributed by atoms with Gasteiger partial charge in [0.05, 0.1) is 30.1 Å². The van der Waals surface area contributed by atoms with Crippen molar-refractivity contribution >= 4 is 47.9 Å². The summed E-state index contributed by atoms with van der Waals surface area (Å²) in [6, 6.07) is 5.65. The summed E-state index contributed by atoms with van der Waals surface area (Å²) >= 11 is 0. The van der Waals surface area contributed by atoms with Crippen LogP contribution in [0.1, 0.15) is 62.6 Å². The molecular formula is C24H25ClN2O10. The van der Waals surface area contributed by atoms with Gasteiger partial charge >= 0.3 is 23.9 Å². The maximum Gasteiger partial charge on any atom is 0.343 e. The average Bonchev–Trinajstić information content (AvgIpc) is 2.78. The third-order valence-corrected chi connectivity index (χ3v) is 5.63. The second-order valence-electron chi connectivity index (χ2n) is 8.16. The maximum atomic E-state index is 13.2. The van der Waals surface area contributed by atoms with E-state index in [0.717, 1.165) is 6.07 Å². The van der Waals surface area contributed by atoms with E-state index in [9.17, 15) is 34.2 Å². The van der Waals surface area contributed by atoms with Crippen LogP contribution in [-0.2, 0) is 27.2 Å². The van der Waals surface area contributed by atoms with Crippen molar-refractivity contribution in [3.05, 3.63) is 52.1 Å². The van der Waals surface area contributed by atoms with Crippen LogP contribution in [0, 0.1) is 0 Å². The molecule has 0 spiro atoms. The Morgan fingerprint density at radius 1 is 1.03 bits per heavy atom. The number of rotatable bonds is 8. The lowest BCUT2D eigenvalue weighted by Crippen LogP contribution is -2.24. The molecule has 0 aliphatic carbocycles. The van der Waals surface area contributed by atoms with Crippen molar-refractivity contribution in [3.8, 4) is 11.5 Å². The second-order valence-corrected chi connectivity index (χ2v) is 8.16. The fraction of sp³-hybridized carbons (Fsp3) is 0.292. The van der Waals surface area contributed by atoms with Gasteiger partial charge in [-0.25, -0.2) is 4.79 Å². The predicted molar refractivity (Wildman–Crippen MR) is 130 cm³/mol. The van der Waals surface area contributed by atoms with Gasteiger partial charge < -0.3 is 36.3 Å². The van der Waals surface area contributed by atoms with Gasteiger partial charge in [-0.3, -0.25) is 19.2 Å². The van der Waals surface area contributed by atoms with E-state index in [4.69, 9.17) is 26.0 Å². The molecule has 2 aromatic carbocycles. The van der Waals surface area contributed by atoms with Crippen molar-refractivity contribution in [2.75, 3.05) is 12.3 Å². The van der Waals surface area contributed by atoms with Crippen molar-refractivity contribution in [1.82, 2.24) is 0 Å². The highest BCUT2D eigenvalue weighted by molar-refractivity contribution is 6.00. The molecule has 0 radical (unpaired) electrons. The number of aryl methyl sites for hydroxylation is 2. The highest BCUT2D eigenvalue weighted by Gasteiger charge is 2.34. The number of nitrogen functional groups attached to an aromatic ring is 1. The molecule has 3 rings (SSSR count). The van der Waals surface area contributed by atoms with Gasteiger partial charge in [-0.15, -0.1) is 12.4 Å². The first-order valence-corrected chi connectivity index (χ1v) is 10.9. The number of aliphatic carboxylic acids is 3. The Bertz CT molecular complexity index is 1260. The molecule has 1 heterocycles. The summed E-state index contributed by atoms with van der Waals surface area (Å²) in [5.74, 6) is -8.65. The number of benzene rings is 2. The Morgan fingerprint density at radius 3 is 2.32 bits per heavy atom.